The Balaban J connectivity index is 1.71. The van der Waals surface area contributed by atoms with Crippen molar-refractivity contribution in [1.29, 1.82) is 0 Å². The number of rotatable bonds is 7. The zero-order chi connectivity index (χ0) is 23.4. The summed E-state index contributed by atoms with van der Waals surface area (Å²) in [4.78, 5) is 24.5. The first-order valence-corrected chi connectivity index (χ1v) is 11.3. The number of hydrogen-bond acceptors (Lipinski definition) is 6. The van der Waals surface area contributed by atoms with Gasteiger partial charge in [0.25, 0.3) is 0 Å². The molecule has 10 heteroatoms. The van der Waals surface area contributed by atoms with E-state index in [1.165, 1.54) is 23.9 Å². The van der Waals surface area contributed by atoms with E-state index in [0.717, 1.165) is 5.69 Å². The van der Waals surface area contributed by atoms with Gasteiger partial charge in [0.05, 0.1) is 18.2 Å². The summed E-state index contributed by atoms with van der Waals surface area (Å²) in [6.07, 6.45) is 0. The monoisotopic (exact) mass is 467 g/mol. The number of hydrogen-bond donors (Lipinski definition) is 2. The molecular weight excluding hydrogens is 445 g/mol. The molecule has 2 N–H and O–H groups in total. The number of nitrogens with zero attached hydrogens (tertiary/aromatic N) is 3. The van der Waals surface area contributed by atoms with E-state index in [4.69, 9.17) is 4.74 Å². The van der Waals surface area contributed by atoms with Crippen LogP contribution in [0.15, 0.2) is 71.0 Å². The summed E-state index contributed by atoms with van der Waals surface area (Å²) in [6.45, 7) is 3.69. The van der Waals surface area contributed by atoms with Crippen LogP contribution in [0.2, 0.25) is 0 Å². The number of aromatic nitrogens is 3. The summed E-state index contributed by atoms with van der Waals surface area (Å²) in [7, 11) is 0. The Bertz CT molecular complexity index is 1190. The summed E-state index contributed by atoms with van der Waals surface area (Å²) in [6, 6.07) is 14.7. The van der Waals surface area contributed by atoms with Crippen molar-refractivity contribution < 1.29 is 18.7 Å². The number of benzene rings is 2. The highest BCUT2D eigenvalue weighted by Crippen LogP contribution is 2.30. The minimum Gasteiger partial charge on any atom is -0.463 e. The van der Waals surface area contributed by atoms with Gasteiger partial charge in [0, 0.05) is 22.7 Å². The zero-order valence-corrected chi connectivity index (χ0v) is 18.9. The van der Waals surface area contributed by atoms with Gasteiger partial charge in [0.1, 0.15) is 5.82 Å². The van der Waals surface area contributed by atoms with Gasteiger partial charge in [0.2, 0.25) is 0 Å². The Hall–Kier alpha value is -3.66. The van der Waals surface area contributed by atoms with E-state index < -0.39 is 12.0 Å². The fourth-order valence-corrected chi connectivity index (χ4v) is 4.41. The zero-order valence-electron chi connectivity index (χ0n) is 18.0. The smallest absolute Gasteiger partial charge is 0.337 e. The molecule has 0 saturated heterocycles. The van der Waals surface area contributed by atoms with Gasteiger partial charge in [-0.1, -0.05) is 30.0 Å². The van der Waals surface area contributed by atoms with Gasteiger partial charge in [-0.2, -0.15) is 0 Å². The molecule has 4 rings (SSSR count). The first kappa shape index (κ1) is 22.5. The van der Waals surface area contributed by atoms with Crippen LogP contribution in [0.1, 0.15) is 13.8 Å². The van der Waals surface area contributed by atoms with E-state index in [0.29, 0.717) is 27.8 Å². The van der Waals surface area contributed by atoms with E-state index in [9.17, 15) is 14.0 Å². The number of ether oxygens (including phenoxy) is 1. The molecule has 8 nitrogen and oxygen atoms in total. The van der Waals surface area contributed by atoms with Crippen LogP contribution in [0.3, 0.4) is 0 Å². The van der Waals surface area contributed by atoms with Crippen molar-refractivity contribution in [3.05, 3.63) is 71.7 Å². The Morgan fingerprint density at radius 2 is 1.88 bits per heavy atom. The average molecular weight is 468 g/mol. The highest BCUT2D eigenvalue weighted by Gasteiger charge is 2.30. The molecule has 0 bridgehead atoms. The molecule has 1 atom stereocenters. The molecule has 33 heavy (non-hydrogen) atoms. The average Bonchev–Trinajstić information content (AvgIpc) is 3.22. The van der Waals surface area contributed by atoms with Gasteiger partial charge in [-0.15, -0.1) is 10.2 Å². The molecule has 0 fully saturated rings. The third-order valence-electron chi connectivity index (χ3n) is 4.96. The van der Waals surface area contributed by atoms with Crippen molar-refractivity contribution >= 4 is 23.8 Å². The second-order valence-corrected chi connectivity index (χ2v) is 8.15. The summed E-state index contributed by atoms with van der Waals surface area (Å²) < 4.78 is 20.5. The molecule has 0 saturated carbocycles. The molecule has 1 aliphatic rings. The van der Waals surface area contributed by atoms with E-state index in [1.54, 1.807) is 26.0 Å². The fourth-order valence-electron chi connectivity index (χ4n) is 3.49. The molecule has 3 aromatic rings. The lowest BCUT2D eigenvalue weighted by atomic mass is 10.1. The standard InChI is InChI=1S/C23H22FN5O3S/c1-3-32-21(30)19-14(2)25-22(31)26-18(19)13-33-23-28-27-20(15-9-11-16(24)12-10-15)29(23)17-7-5-4-6-8-17/h4-12,14H,3,13H2,1-2H3,(H2,25,26,31)/t14-/m0/s1. The van der Waals surface area contributed by atoms with Gasteiger partial charge < -0.3 is 15.4 Å². The lowest BCUT2D eigenvalue weighted by molar-refractivity contribution is -0.138. The summed E-state index contributed by atoms with van der Waals surface area (Å²) in [5, 5.41) is 14.6. The molecule has 2 amide bonds. The highest BCUT2D eigenvalue weighted by atomic mass is 32.2. The second kappa shape index (κ2) is 9.86. The first-order chi connectivity index (χ1) is 16.0. The van der Waals surface area contributed by atoms with Crippen molar-refractivity contribution in [3.8, 4) is 17.1 Å². The van der Waals surface area contributed by atoms with Gasteiger partial charge in [-0.05, 0) is 50.2 Å². The van der Waals surface area contributed by atoms with E-state index >= 15 is 0 Å². The Morgan fingerprint density at radius 1 is 1.15 bits per heavy atom. The summed E-state index contributed by atoms with van der Waals surface area (Å²) in [5.41, 5.74) is 2.36. The number of esters is 1. The predicted octanol–water partition coefficient (Wildman–Crippen LogP) is 3.68. The fraction of sp³-hybridized carbons (Fsp3) is 0.217. The molecular formula is C23H22FN5O3S. The molecule has 1 aromatic heterocycles. The number of thioether (sulfide) groups is 1. The van der Waals surface area contributed by atoms with Crippen molar-refractivity contribution in [2.75, 3.05) is 12.4 Å². The van der Waals surface area contributed by atoms with E-state index in [-0.39, 0.29) is 24.2 Å². The Labute approximate surface area is 194 Å². The molecule has 0 radical (unpaired) electrons. The molecule has 0 unspecified atom stereocenters. The van der Waals surface area contributed by atoms with Crippen LogP contribution in [0.25, 0.3) is 17.1 Å². The topological polar surface area (TPSA) is 98.1 Å². The SMILES string of the molecule is CCOC(=O)C1=C(CSc2nnc(-c3ccc(F)cc3)n2-c2ccccc2)NC(=O)N[C@H]1C. The van der Waals surface area contributed by atoms with Crippen molar-refractivity contribution in [2.24, 2.45) is 0 Å². The maximum Gasteiger partial charge on any atom is 0.337 e. The quantitative estimate of drug-likeness (QED) is 0.406. The third-order valence-corrected chi connectivity index (χ3v) is 5.92. The van der Waals surface area contributed by atoms with E-state index in [2.05, 4.69) is 20.8 Å². The number of halogens is 1. The third kappa shape index (κ3) is 4.90. The molecule has 0 spiro atoms. The number of carbonyl (C=O) groups is 2. The van der Waals surface area contributed by atoms with Gasteiger partial charge in [-0.25, -0.2) is 14.0 Å². The number of nitrogens with one attached hydrogen (secondary N) is 2. The minimum atomic E-state index is -0.491. The second-order valence-electron chi connectivity index (χ2n) is 7.21. The van der Waals surface area contributed by atoms with Crippen LogP contribution >= 0.6 is 11.8 Å². The van der Waals surface area contributed by atoms with Crippen molar-refractivity contribution in [3.63, 3.8) is 0 Å². The van der Waals surface area contributed by atoms with Crippen LogP contribution in [0, 0.1) is 5.82 Å². The maximum atomic E-state index is 13.4. The van der Waals surface area contributed by atoms with Crippen LogP contribution in [-0.2, 0) is 9.53 Å². The van der Waals surface area contributed by atoms with Crippen molar-refractivity contribution in [1.82, 2.24) is 25.4 Å². The van der Waals surface area contributed by atoms with E-state index in [1.807, 2.05) is 34.9 Å². The number of urea groups is 1. The molecule has 170 valence electrons. The number of carbonyl (C=O) groups excluding carboxylic acids is 2. The van der Waals surface area contributed by atoms with Crippen LogP contribution < -0.4 is 10.6 Å². The predicted molar refractivity (Wildman–Crippen MR) is 122 cm³/mol. The summed E-state index contributed by atoms with van der Waals surface area (Å²) >= 11 is 1.32. The Morgan fingerprint density at radius 3 is 2.58 bits per heavy atom. The van der Waals surface area contributed by atoms with Gasteiger partial charge in [0.15, 0.2) is 11.0 Å². The Kier molecular flexibility index (Phi) is 6.74. The van der Waals surface area contributed by atoms with Crippen LogP contribution in [0.5, 0.6) is 0 Å². The lowest BCUT2D eigenvalue weighted by Crippen LogP contribution is -2.49. The largest absolute Gasteiger partial charge is 0.463 e. The molecule has 2 heterocycles. The van der Waals surface area contributed by atoms with Gasteiger partial charge >= 0.3 is 12.0 Å². The number of para-hydroxylation sites is 1. The normalized spacial score (nSPS) is 15.7. The molecule has 2 aromatic carbocycles. The first-order valence-electron chi connectivity index (χ1n) is 10.3. The van der Waals surface area contributed by atoms with Crippen LogP contribution in [0.4, 0.5) is 9.18 Å². The van der Waals surface area contributed by atoms with Gasteiger partial charge in [-0.3, -0.25) is 4.57 Å². The summed E-state index contributed by atoms with van der Waals surface area (Å²) in [5.74, 6) is -0.00993. The van der Waals surface area contributed by atoms with Crippen LogP contribution in [-0.4, -0.2) is 45.2 Å². The molecule has 0 aliphatic carbocycles. The number of amides is 2. The highest BCUT2D eigenvalue weighted by molar-refractivity contribution is 7.99. The minimum absolute atomic E-state index is 0.229. The maximum absolute atomic E-state index is 13.4. The van der Waals surface area contributed by atoms with Crippen molar-refractivity contribution in [2.45, 2.75) is 25.0 Å². The lowest BCUT2D eigenvalue weighted by Gasteiger charge is -2.26. The molecule has 1 aliphatic heterocycles.